The normalized spacial score (nSPS) is 12.0. The average molecular weight is 422 g/mol. The zero-order chi connectivity index (χ0) is 15.9. The van der Waals surface area contributed by atoms with Crippen LogP contribution < -0.4 is 10.6 Å². The topological polar surface area (TPSA) is 62.5 Å². The van der Waals surface area contributed by atoms with E-state index in [-0.39, 0.29) is 24.0 Å². The third-order valence-electron chi connectivity index (χ3n) is 3.35. The molecular formula is C16H31IN4O. The lowest BCUT2D eigenvalue weighted by atomic mass is 9.90. The van der Waals surface area contributed by atoms with Gasteiger partial charge in [0, 0.05) is 13.6 Å². The number of aromatic nitrogens is 1. The van der Waals surface area contributed by atoms with Gasteiger partial charge in [0.1, 0.15) is 5.76 Å². The summed E-state index contributed by atoms with van der Waals surface area (Å²) in [7, 11) is 1.77. The molecule has 0 aromatic carbocycles. The summed E-state index contributed by atoms with van der Waals surface area (Å²) >= 11 is 0. The number of unbranched alkanes of at least 4 members (excludes halogenated alkanes) is 1. The minimum Gasteiger partial charge on any atom is -0.444 e. The molecule has 1 heterocycles. The Morgan fingerprint density at radius 3 is 2.36 bits per heavy atom. The lowest BCUT2D eigenvalue weighted by Gasteiger charge is -2.17. The van der Waals surface area contributed by atoms with Crippen LogP contribution in [0, 0.1) is 19.3 Å². The van der Waals surface area contributed by atoms with Gasteiger partial charge in [0.25, 0.3) is 0 Å². The van der Waals surface area contributed by atoms with Crippen LogP contribution in [-0.2, 0) is 6.54 Å². The molecule has 0 atom stereocenters. The number of nitrogens with one attached hydrogen (secondary N) is 2. The largest absolute Gasteiger partial charge is 0.444 e. The van der Waals surface area contributed by atoms with Crippen LogP contribution >= 0.6 is 24.0 Å². The highest BCUT2D eigenvalue weighted by Gasteiger charge is 2.09. The molecule has 0 spiro atoms. The summed E-state index contributed by atoms with van der Waals surface area (Å²) in [4.78, 5) is 8.55. The van der Waals surface area contributed by atoms with Crippen molar-refractivity contribution in [2.75, 3.05) is 13.6 Å². The Balaban J connectivity index is 0.00000441. The molecular weight excluding hydrogens is 391 g/mol. The van der Waals surface area contributed by atoms with Gasteiger partial charge in [0.2, 0.25) is 5.89 Å². The number of halogens is 1. The molecule has 128 valence electrons. The van der Waals surface area contributed by atoms with E-state index >= 15 is 0 Å². The van der Waals surface area contributed by atoms with Crippen molar-refractivity contribution in [3.05, 3.63) is 17.3 Å². The van der Waals surface area contributed by atoms with Gasteiger partial charge in [-0.15, -0.1) is 24.0 Å². The third kappa shape index (κ3) is 8.60. The molecule has 0 saturated heterocycles. The van der Waals surface area contributed by atoms with E-state index in [9.17, 15) is 0 Å². The van der Waals surface area contributed by atoms with Crippen LogP contribution in [0.15, 0.2) is 9.41 Å². The molecule has 1 aromatic rings. The van der Waals surface area contributed by atoms with Gasteiger partial charge in [-0.3, -0.25) is 4.99 Å². The highest BCUT2D eigenvalue weighted by Crippen LogP contribution is 2.21. The van der Waals surface area contributed by atoms with Crippen LogP contribution in [0.25, 0.3) is 0 Å². The second-order valence-corrected chi connectivity index (χ2v) is 6.62. The van der Waals surface area contributed by atoms with E-state index in [1.54, 1.807) is 7.05 Å². The summed E-state index contributed by atoms with van der Waals surface area (Å²) in [6.45, 7) is 12.2. The van der Waals surface area contributed by atoms with Crippen LogP contribution in [0.4, 0.5) is 0 Å². The summed E-state index contributed by atoms with van der Waals surface area (Å²) in [5.41, 5.74) is 1.36. The number of nitrogens with zero attached hydrogens (tertiary/aromatic N) is 2. The maximum Gasteiger partial charge on any atom is 0.214 e. The fourth-order valence-corrected chi connectivity index (χ4v) is 1.98. The van der Waals surface area contributed by atoms with Gasteiger partial charge in [0.15, 0.2) is 5.96 Å². The van der Waals surface area contributed by atoms with Crippen molar-refractivity contribution in [1.29, 1.82) is 0 Å². The Kier molecular flexibility index (Phi) is 9.71. The van der Waals surface area contributed by atoms with Crippen molar-refractivity contribution >= 4 is 29.9 Å². The molecule has 22 heavy (non-hydrogen) atoms. The molecule has 2 N–H and O–H groups in total. The SMILES string of the molecule is CN=C(NCCCCC(C)(C)C)NCc1nc(C)c(C)o1.I. The molecule has 0 aliphatic carbocycles. The predicted octanol–water partition coefficient (Wildman–Crippen LogP) is 3.79. The first kappa shape index (κ1) is 21.2. The van der Waals surface area contributed by atoms with E-state index in [4.69, 9.17) is 4.42 Å². The van der Waals surface area contributed by atoms with Crippen LogP contribution in [-0.4, -0.2) is 24.5 Å². The predicted molar refractivity (Wildman–Crippen MR) is 103 cm³/mol. The van der Waals surface area contributed by atoms with E-state index in [0.717, 1.165) is 30.4 Å². The Morgan fingerprint density at radius 1 is 1.18 bits per heavy atom. The summed E-state index contributed by atoms with van der Waals surface area (Å²) < 4.78 is 5.53. The second-order valence-electron chi connectivity index (χ2n) is 6.62. The van der Waals surface area contributed by atoms with Crippen molar-refractivity contribution in [2.24, 2.45) is 10.4 Å². The lowest BCUT2D eigenvalue weighted by molar-refractivity contribution is 0.360. The number of oxazole rings is 1. The second kappa shape index (κ2) is 10.1. The van der Waals surface area contributed by atoms with Gasteiger partial charge in [-0.25, -0.2) is 4.98 Å². The number of aliphatic imine (C=N–C) groups is 1. The number of hydrogen-bond donors (Lipinski definition) is 2. The number of guanidine groups is 1. The van der Waals surface area contributed by atoms with Crippen molar-refractivity contribution in [3.63, 3.8) is 0 Å². The van der Waals surface area contributed by atoms with Crippen LogP contribution in [0.2, 0.25) is 0 Å². The smallest absolute Gasteiger partial charge is 0.214 e. The summed E-state index contributed by atoms with van der Waals surface area (Å²) in [5, 5.41) is 6.53. The number of hydrogen-bond acceptors (Lipinski definition) is 3. The summed E-state index contributed by atoms with van der Waals surface area (Å²) in [6.07, 6.45) is 3.62. The van der Waals surface area contributed by atoms with Gasteiger partial charge in [-0.05, 0) is 32.1 Å². The quantitative estimate of drug-likeness (QED) is 0.317. The standard InChI is InChI=1S/C16H30N4O.HI/c1-12-13(2)21-14(20-12)11-19-15(17-6)18-10-8-7-9-16(3,4)5;/h7-11H2,1-6H3,(H2,17,18,19);1H. The molecule has 1 rings (SSSR count). The fraction of sp³-hybridized carbons (Fsp3) is 0.750. The molecule has 0 radical (unpaired) electrons. The van der Waals surface area contributed by atoms with Crippen LogP contribution in [0.3, 0.4) is 0 Å². The van der Waals surface area contributed by atoms with Gasteiger partial charge >= 0.3 is 0 Å². The van der Waals surface area contributed by atoms with E-state index in [1.165, 1.54) is 12.8 Å². The third-order valence-corrected chi connectivity index (χ3v) is 3.35. The van der Waals surface area contributed by atoms with E-state index in [1.807, 2.05) is 13.8 Å². The van der Waals surface area contributed by atoms with Gasteiger partial charge in [0.05, 0.1) is 12.2 Å². The first-order chi connectivity index (χ1) is 9.81. The molecule has 0 amide bonds. The minimum atomic E-state index is 0. The molecule has 0 unspecified atom stereocenters. The molecule has 6 heteroatoms. The minimum absolute atomic E-state index is 0. The molecule has 0 aliphatic heterocycles. The molecule has 0 bridgehead atoms. The molecule has 1 aromatic heterocycles. The number of aryl methyl sites for hydroxylation is 2. The van der Waals surface area contributed by atoms with Crippen molar-refractivity contribution in [2.45, 2.75) is 60.4 Å². The summed E-state index contributed by atoms with van der Waals surface area (Å²) in [6, 6.07) is 0. The van der Waals surface area contributed by atoms with E-state index in [0.29, 0.717) is 17.9 Å². The Hall–Kier alpha value is -0.790. The highest BCUT2D eigenvalue weighted by atomic mass is 127. The molecule has 0 aliphatic rings. The van der Waals surface area contributed by atoms with Crippen LogP contribution in [0.1, 0.15) is 57.4 Å². The van der Waals surface area contributed by atoms with Gasteiger partial charge in [-0.1, -0.05) is 27.2 Å². The Bertz CT molecular complexity index is 444. The highest BCUT2D eigenvalue weighted by molar-refractivity contribution is 14.0. The van der Waals surface area contributed by atoms with Crippen LogP contribution in [0.5, 0.6) is 0 Å². The Labute approximate surface area is 151 Å². The van der Waals surface area contributed by atoms with Crippen molar-refractivity contribution < 1.29 is 4.42 Å². The number of rotatable bonds is 6. The molecule has 5 nitrogen and oxygen atoms in total. The molecule has 0 saturated carbocycles. The monoisotopic (exact) mass is 422 g/mol. The van der Waals surface area contributed by atoms with Gasteiger partial charge in [-0.2, -0.15) is 0 Å². The maximum atomic E-state index is 5.53. The van der Waals surface area contributed by atoms with Crippen molar-refractivity contribution in [1.82, 2.24) is 15.6 Å². The van der Waals surface area contributed by atoms with E-state index < -0.39 is 0 Å². The Morgan fingerprint density at radius 2 is 1.86 bits per heavy atom. The first-order valence-corrected chi connectivity index (χ1v) is 7.69. The zero-order valence-corrected chi connectivity index (χ0v) is 17.1. The first-order valence-electron chi connectivity index (χ1n) is 7.69. The fourth-order valence-electron chi connectivity index (χ4n) is 1.98. The summed E-state index contributed by atoms with van der Waals surface area (Å²) in [5.74, 6) is 2.36. The maximum absolute atomic E-state index is 5.53. The molecule has 0 fully saturated rings. The zero-order valence-electron chi connectivity index (χ0n) is 14.7. The van der Waals surface area contributed by atoms with Crippen molar-refractivity contribution in [3.8, 4) is 0 Å². The van der Waals surface area contributed by atoms with Gasteiger partial charge < -0.3 is 15.1 Å². The van der Waals surface area contributed by atoms with E-state index in [2.05, 4.69) is 41.4 Å². The lowest BCUT2D eigenvalue weighted by Crippen LogP contribution is -2.37. The average Bonchev–Trinajstić information content (AvgIpc) is 2.71.